The van der Waals surface area contributed by atoms with Gasteiger partial charge in [0, 0.05) is 13.1 Å². The number of alkyl halides is 1. The normalized spacial score (nSPS) is 14.3. The molecule has 2 unspecified atom stereocenters. The number of halogens is 1. The number of carbonyl (C=O) groups is 1. The Kier molecular flexibility index (Phi) is 5.67. The van der Waals surface area contributed by atoms with Crippen LogP contribution < -0.4 is 0 Å². The molecule has 1 rings (SSSR count). The minimum atomic E-state index is -0.592. The Balaban J connectivity index is 2.69. The van der Waals surface area contributed by atoms with Crippen molar-refractivity contribution < 1.29 is 4.79 Å². The van der Waals surface area contributed by atoms with E-state index in [9.17, 15) is 4.79 Å². The molecule has 0 fully saturated rings. The van der Waals surface area contributed by atoms with Gasteiger partial charge >= 0.3 is 0 Å². The fourth-order valence-electron chi connectivity index (χ4n) is 2.00. The number of carbonyl (C=O) groups excluding carboxylic acids is 1. The summed E-state index contributed by atoms with van der Waals surface area (Å²) in [5, 5.41) is -0.592. The van der Waals surface area contributed by atoms with Crippen LogP contribution >= 0.6 is 11.6 Å². The van der Waals surface area contributed by atoms with Crippen molar-refractivity contribution in [2.45, 2.75) is 38.6 Å². The Morgan fingerprint density at radius 2 is 1.78 bits per heavy atom. The van der Waals surface area contributed by atoms with E-state index in [0.29, 0.717) is 5.92 Å². The summed E-state index contributed by atoms with van der Waals surface area (Å²) < 4.78 is 0. The fraction of sp³-hybridized carbons (Fsp3) is 0.533. The van der Waals surface area contributed by atoms with Gasteiger partial charge in [0.2, 0.25) is 5.91 Å². The first kappa shape index (κ1) is 15.0. The Bertz CT molecular complexity index is 377. The fourth-order valence-corrected chi connectivity index (χ4v) is 2.30. The molecule has 1 aromatic carbocycles. The number of nitrogens with zero attached hydrogens (tertiary/aromatic N) is 1. The number of amides is 1. The zero-order valence-electron chi connectivity index (χ0n) is 11.6. The second-order valence-electron chi connectivity index (χ2n) is 5.20. The van der Waals surface area contributed by atoms with Crippen LogP contribution in [-0.2, 0) is 4.79 Å². The van der Waals surface area contributed by atoms with Crippen molar-refractivity contribution in [3.8, 4) is 0 Å². The standard InChI is InChI=1S/C15H22ClNO/c1-11(2)10-12(3)17(4)15(18)14(16)13-8-6-5-7-9-13/h5-9,11-12,14H,10H2,1-4H3. The minimum Gasteiger partial charge on any atom is -0.341 e. The average molecular weight is 268 g/mol. The highest BCUT2D eigenvalue weighted by atomic mass is 35.5. The molecule has 2 nitrogen and oxygen atoms in total. The van der Waals surface area contributed by atoms with Gasteiger partial charge in [-0.05, 0) is 24.8 Å². The smallest absolute Gasteiger partial charge is 0.245 e. The van der Waals surface area contributed by atoms with E-state index in [1.165, 1.54) is 0 Å². The summed E-state index contributed by atoms with van der Waals surface area (Å²) in [6.45, 7) is 6.38. The Morgan fingerprint density at radius 3 is 2.28 bits per heavy atom. The zero-order chi connectivity index (χ0) is 13.7. The molecule has 0 N–H and O–H groups in total. The molecule has 0 heterocycles. The van der Waals surface area contributed by atoms with Crippen molar-refractivity contribution in [1.29, 1.82) is 0 Å². The van der Waals surface area contributed by atoms with Gasteiger partial charge in [0.25, 0.3) is 0 Å². The van der Waals surface area contributed by atoms with E-state index in [0.717, 1.165) is 12.0 Å². The summed E-state index contributed by atoms with van der Waals surface area (Å²) in [4.78, 5) is 14.0. The molecule has 0 spiro atoms. The maximum Gasteiger partial charge on any atom is 0.245 e. The molecule has 100 valence electrons. The summed E-state index contributed by atoms with van der Waals surface area (Å²) in [6, 6.07) is 9.70. The van der Waals surface area contributed by atoms with Gasteiger partial charge in [-0.3, -0.25) is 4.79 Å². The van der Waals surface area contributed by atoms with Crippen LogP contribution in [0.25, 0.3) is 0 Å². The minimum absolute atomic E-state index is 0.0315. The van der Waals surface area contributed by atoms with Gasteiger partial charge in [0.1, 0.15) is 5.38 Å². The van der Waals surface area contributed by atoms with E-state index in [1.54, 1.807) is 4.90 Å². The van der Waals surface area contributed by atoms with Gasteiger partial charge in [0.05, 0.1) is 0 Å². The predicted octanol–water partition coefficient (Wildman–Crippen LogP) is 3.86. The second-order valence-corrected chi connectivity index (χ2v) is 5.64. The molecule has 0 aliphatic heterocycles. The summed E-state index contributed by atoms with van der Waals surface area (Å²) in [6.07, 6.45) is 0.987. The zero-order valence-corrected chi connectivity index (χ0v) is 12.3. The largest absolute Gasteiger partial charge is 0.341 e. The molecule has 1 aromatic rings. The molecule has 0 aromatic heterocycles. The van der Waals surface area contributed by atoms with Crippen LogP contribution in [0.5, 0.6) is 0 Å². The van der Waals surface area contributed by atoms with Crippen molar-refractivity contribution in [2.24, 2.45) is 5.92 Å². The van der Waals surface area contributed by atoms with E-state index in [-0.39, 0.29) is 11.9 Å². The third kappa shape index (κ3) is 4.02. The number of likely N-dealkylation sites (N-methyl/N-ethyl adjacent to an activating group) is 1. The van der Waals surface area contributed by atoms with Gasteiger partial charge in [-0.15, -0.1) is 11.6 Å². The highest BCUT2D eigenvalue weighted by Crippen LogP contribution is 2.24. The van der Waals surface area contributed by atoms with E-state index in [2.05, 4.69) is 20.8 Å². The van der Waals surface area contributed by atoms with Gasteiger partial charge < -0.3 is 4.90 Å². The molecule has 18 heavy (non-hydrogen) atoms. The third-order valence-corrected chi connectivity index (χ3v) is 3.57. The summed E-state index contributed by atoms with van der Waals surface area (Å²) in [7, 11) is 1.83. The van der Waals surface area contributed by atoms with Crippen molar-refractivity contribution in [2.75, 3.05) is 7.05 Å². The number of rotatable bonds is 5. The number of hydrogen-bond acceptors (Lipinski definition) is 1. The first-order valence-electron chi connectivity index (χ1n) is 6.39. The summed E-state index contributed by atoms with van der Waals surface area (Å²) >= 11 is 6.24. The van der Waals surface area contributed by atoms with E-state index in [1.807, 2.05) is 37.4 Å². The topological polar surface area (TPSA) is 20.3 Å². The number of benzene rings is 1. The molecular formula is C15H22ClNO. The third-order valence-electron chi connectivity index (χ3n) is 3.13. The molecule has 1 amide bonds. The van der Waals surface area contributed by atoms with Crippen molar-refractivity contribution >= 4 is 17.5 Å². The maximum absolute atomic E-state index is 12.3. The van der Waals surface area contributed by atoms with Gasteiger partial charge in [0.15, 0.2) is 0 Å². The Morgan fingerprint density at radius 1 is 1.22 bits per heavy atom. The first-order valence-corrected chi connectivity index (χ1v) is 6.82. The highest BCUT2D eigenvalue weighted by Gasteiger charge is 2.24. The SMILES string of the molecule is CC(C)CC(C)N(C)C(=O)C(Cl)c1ccccc1. The molecular weight excluding hydrogens is 246 g/mol. The predicted molar refractivity (Wildman–Crippen MR) is 76.7 cm³/mol. The van der Waals surface area contributed by atoms with Crippen LogP contribution in [0.4, 0.5) is 0 Å². The molecule has 0 saturated heterocycles. The summed E-state index contributed by atoms with van der Waals surface area (Å²) in [5.41, 5.74) is 0.854. The monoisotopic (exact) mass is 267 g/mol. The molecule has 3 heteroatoms. The van der Waals surface area contributed by atoms with E-state index in [4.69, 9.17) is 11.6 Å². The molecule has 0 radical (unpaired) electrons. The van der Waals surface area contributed by atoms with Crippen molar-refractivity contribution in [3.63, 3.8) is 0 Å². The van der Waals surface area contributed by atoms with Crippen LogP contribution in [0.15, 0.2) is 30.3 Å². The lowest BCUT2D eigenvalue weighted by molar-refractivity contribution is -0.131. The van der Waals surface area contributed by atoms with E-state index < -0.39 is 5.38 Å². The van der Waals surface area contributed by atoms with Crippen LogP contribution in [0, 0.1) is 5.92 Å². The van der Waals surface area contributed by atoms with E-state index >= 15 is 0 Å². The lowest BCUT2D eigenvalue weighted by Crippen LogP contribution is -2.37. The lowest BCUT2D eigenvalue weighted by Gasteiger charge is -2.28. The lowest BCUT2D eigenvalue weighted by atomic mass is 10.0. The van der Waals surface area contributed by atoms with Crippen LogP contribution in [0.3, 0.4) is 0 Å². The summed E-state index contributed by atoms with van der Waals surface area (Å²) in [5.74, 6) is 0.539. The Hall–Kier alpha value is -1.02. The maximum atomic E-state index is 12.3. The quantitative estimate of drug-likeness (QED) is 0.742. The van der Waals surface area contributed by atoms with Crippen molar-refractivity contribution in [1.82, 2.24) is 4.90 Å². The Labute approximate surface area is 115 Å². The van der Waals surface area contributed by atoms with Crippen LogP contribution in [-0.4, -0.2) is 23.9 Å². The van der Waals surface area contributed by atoms with Crippen LogP contribution in [0.1, 0.15) is 38.1 Å². The molecule has 0 aliphatic carbocycles. The van der Waals surface area contributed by atoms with Gasteiger partial charge in [-0.2, -0.15) is 0 Å². The molecule has 0 bridgehead atoms. The second kappa shape index (κ2) is 6.79. The molecule has 0 saturated carbocycles. The average Bonchev–Trinajstić information content (AvgIpc) is 2.36. The van der Waals surface area contributed by atoms with Gasteiger partial charge in [-0.25, -0.2) is 0 Å². The molecule has 0 aliphatic rings. The van der Waals surface area contributed by atoms with Crippen LogP contribution in [0.2, 0.25) is 0 Å². The highest BCUT2D eigenvalue weighted by molar-refractivity contribution is 6.30. The molecule has 2 atom stereocenters. The number of hydrogen-bond donors (Lipinski definition) is 0. The van der Waals surface area contributed by atoms with Crippen molar-refractivity contribution in [3.05, 3.63) is 35.9 Å². The first-order chi connectivity index (χ1) is 8.43. The van der Waals surface area contributed by atoms with Gasteiger partial charge in [-0.1, -0.05) is 44.2 Å².